The van der Waals surface area contributed by atoms with Gasteiger partial charge in [0.2, 0.25) is 0 Å². The van der Waals surface area contributed by atoms with Crippen molar-refractivity contribution in [3.63, 3.8) is 0 Å². The van der Waals surface area contributed by atoms with E-state index in [1.165, 1.54) is 11.3 Å². The number of nitrogens with zero attached hydrogens (tertiary/aromatic N) is 1. The van der Waals surface area contributed by atoms with Gasteiger partial charge in [-0.3, -0.25) is 4.79 Å². The largest absolute Gasteiger partial charge is 0.372 e. The molecular weight excluding hydrogens is 210 g/mol. The third-order valence-electron chi connectivity index (χ3n) is 2.44. The molecule has 2 heterocycles. The predicted octanol–water partition coefficient (Wildman–Crippen LogP) is 2.00. The molecule has 3 nitrogen and oxygen atoms in total. The van der Waals surface area contributed by atoms with Crippen LogP contribution in [0.1, 0.15) is 23.5 Å². The van der Waals surface area contributed by atoms with Gasteiger partial charge in [0.15, 0.2) is 0 Å². The highest BCUT2D eigenvalue weighted by Gasteiger charge is 2.26. The van der Waals surface area contributed by atoms with Crippen LogP contribution in [0.3, 0.4) is 0 Å². The minimum absolute atomic E-state index is 0.131. The van der Waals surface area contributed by atoms with E-state index in [-0.39, 0.29) is 18.1 Å². The fourth-order valence-electron chi connectivity index (χ4n) is 1.90. The van der Waals surface area contributed by atoms with E-state index in [1.54, 1.807) is 0 Å². The van der Waals surface area contributed by atoms with Gasteiger partial charge in [0, 0.05) is 13.1 Å². The van der Waals surface area contributed by atoms with Crippen LogP contribution >= 0.6 is 11.3 Å². The summed E-state index contributed by atoms with van der Waals surface area (Å²) in [6.45, 7) is 5.40. The fraction of sp³-hybridized carbons (Fsp3) is 0.545. The van der Waals surface area contributed by atoms with Crippen LogP contribution < -0.4 is 0 Å². The maximum Gasteiger partial charge on any atom is 0.264 e. The maximum atomic E-state index is 12.0. The van der Waals surface area contributed by atoms with E-state index >= 15 is 0 Å². The molecule has 0 bridgehead atoms. The first-order valence-corrected chi connectivity index (χ1v) is 6.03. The molecule has 0 N–H and O–H groups in total. The molecule has 1 amide bonds. The van der Waals surface area contributed by atoms with E-state index < -0.39 is 0 Å². The molecule has 82 valence electrons. The van der Waals surface area contributed by atoms with E-state index in [0.717, 1.165) is 4.88 Å². The van der Waals surface area contributed by atoms with Crippen molar-refractivity contribution in [3.05, 3.63) is 22.4 Å². The number of amides is 1. The molecule has 2 rings (SSSR count). The summed E-state index contributed by atoms with van der Waals surface area (Å²) in [7, 11) is 0. The van der Waals surface area contributed by atoms with E-state index in [0.29, 0.717) is 13.1 Å². The Morgan fingerprint density at radius 3 is 2.67 bits per heavy atom. The van der Waals surface area contributed by atoms with Crippen molar-refractivity contribution >= 4 is 17.2 Å². The Morgan fingerprint density at radius 1 is 1.47 bits per heavy atom. The lowest BCUT2D eigenvalue weighted by molar-refractivity contribution is -0.0585. The van der Waals surface area contributed by atoms with Crippen molar-refractivity contribution in [2.75, 3.05) is 13.1 Å². The normalized spacial score (nSPS) is 26.7. The third-order valence-corrected chi connectivity index (χ3v) is 3.30. The molecule has 1 aliphatic heterocycles. The van der Waals surface area contributed by atoms with E-state index in [2.05, 4.69) is 0 Å². The van der Waals surface area contributed by atoms with Gasteiger partial charge in [0.25, 0.3) is 5.91 Å². The molecule has 4 heteroatoms. The smallest absolute Gasteiger partial charge is 0.264 e. The van der Waals surface area contributed by atoms with Gasteiger partial charge in [0.1, 0.15) is 0 Å². The topological polar surface area (TPSA) is 29.5 Å². The van der Waals surface area contributed by atoms with Crippen molar-refractivity contribution < 1.29 is 9.53 Å². The molecule has 15 heavy (non-hydrogen) atoms. The number of rotatable bonds is 1. The number of morpholine rings is 1. The second-order valence-corrected chi connectivity index (χ2v) is 4.89. The molecule has 2 atom stereocenters. The molecule has 0 unspecified atom stereocenters. The molecule has 0 radical (unpaired) electrons. The van der Waals surface area contributed by atoms with Crippen LogP contribution in [0.25, 0.3) is 0 Å². The summed E-state index contributed by atoms with van der Waals surface area (Å²) >= 11 is 1.50. The van der Waals surface area contributed by atoms with E-state index in [4.69, 9.17) is 4.74 Å². The van der Waals surface area contributed by atoms with Crippen LogP contribution in [0.15, 0.2) is 17.5 Å². The lowest BCUT2D eigenvalue weighted by atomic mass is 10.2. The summed E-state index contributed by atoms with van der Waals surface area (Å²) in [5.74, 6) is 0.131. The third kappa shape index (κ3) is 2.38. The van der Waals surface area contributed by atoms with Gasteiger partial charge >= 0.3 is 0 Å². The first-order valence-electron chi connectivity index (χ1n) is 5.15. The van der Waals surface area contributed by atoms with Crippen LogP contribution in [0.5, 0.6) is 0 Å². The number of hydrogen-bond acceptors (Lipinski definition) is 3. The molecule has 0 spiro atoms. The van der Waals surface area contributed by atoms with Crippen LogP contribution in [0, 0.1) is 0 Å². The van der Waals surface area contributed by atoms with Gasteiger partial charge in [-0.05, 0) is 25.3 Å². The zero-order valence-corrected chi connectivity index (χ0v) is 9.79. The number of carbonyl (C=O) groups is 1. The van der Waals surface area contributed by atoms with E-state index in [9.17, 15) is 4.79 Å². The van der Waals surface area contributed by atoms with Gasteiger partial charge in [-0.1, -0.05) is 6.07 Å². The van der Waals surface area contributed by atoms with Crippen molar-refractivity contribution in [2.45, 2.75) is 26.1 Å². The van der Waals surface area contributed by atoms with Gasteiger partial charge in [-0.2, -0.15) is 0 Å². The first kappa shape index (κ1) is 10.6. The SMILES string of the molecule is C[C@@H]1CN(C(=O)c2cccs2)C[C@@H](C)O1. The van der Waals surface area contributed by atoms with Gasteiger partial charge in [-0.15, -0.1) is 11.3 Å². The summed E-state index contributed by atoms with van der Waals surface area (Å²) in [6.07, 6.45) is 0.273. The summed E-state index contributed by atoms with van der Waals surface area (Å²) in [5, 5.41) is 1.93. The Bertz CT molecular complexity index is 326. The molecular formula is C11H15NO2S. The zero-order valence-electron chi connectivity index (χ0n) is 8.97. The average molecular weight is 225 g/mol. The summed E-state index contributed by atoms with van der Waals surface area (Å²) in [5.41, 5.74) is 0. The monoisotopic (exact) mass is 225 g/mol. The van der Waals surface area contributed by atoms with Crippen molar-refractivity contribution in [1.29, 1.82) is 0 Å². The van der Waals surface area contributed by atoms with Gasteiger partial charge in [-0.25, -0.2) is 0 Å². The van der Waals surface area contributed by atoms with Gasteiger partial charge < -0.3 is 9.64 Å². The zero-order chi connectivity index (χ0) is 10.8. The Hall–Kier alpha value is -0.870. The number of ether oxygens (including phenoxy) is 1. The maximum absolute atomic E-state index is 12.0. The molecule has 0 aliphatic carbocycles. The van der Waals surface area contributed by atoms with Crippen LogP contribution in [0.2, 0.25) is 0 Å². The molecule has 1 aliphatic rings. The Kier molecular flexibility index (Phi) is 3.07. The van der Waals surface area contributed by atoms with Crippen LogP contribution in [-0.4, -0.2) is 36.1 Å². The average Bonchev–Trinajstić information content (AvgIpc) is 2.67. The van der Waals surface area contributed by atoms with Gasteiger partial charge in [0.05, 0.1) is 17.1 Å². The fourth-order valence-corrected chi connectivity index (χ4v) is 2.59. The summed E-state index contributed by atoms with van der Waals surface area (Å²) < 4.78 is 5.59. The predicted molar refractivity (Wildman–Crippen MR) is 60.2 cm³/mol. The first-order chi connectivity index (χ1) is 7.16. The Morgan fingerprint density at radius 2 is 2.13 bits per heavy atom. The van der Waals surface area contributed by atoms with Crippen molar-refractivity contribution in [2.24, 2.45) is 0 Å². The molecule has 0 saturated carbocycles. The van der Waals surface area contributed by atoms with Crippen molar-refractivity contribution in [3.8, 4) is 0 Å². The Labute approximate surface area is 93.7 Å². The summed E-state index contributed by atoms with van der Waals surface area (Å²) in [6, 6.07) is 3.78. The quantitative estimate of drug-likeness (QED) is 0.731. The van der Waals surface area contributed by atoms with E-state index in [1.807, 2.05) is 36.3 Å². The highest BCUT2D eigenvalue weighted by atomic mass is 32.1. The lowest BCUT2D eigenvalue weighted by Crippen LogP contribution is -2.48. The number of thiophene rings is 1. The second-order valence-electron chi connectivity index (χ2n) is 3.94. The minimum atomic E-state index is 0.131. The highest BCUT2D eigenvalue weighted by Crippen LogP contribution is 2.17. The number of hydrogen-bond donors (Lipinski definition) is 0. The Balaban J connectivity index is 2.07. The minimum Gasteiger partial charge on any atom is -0.372 e. The molecule has 0 aromatic carbocycles. The van der Waals surface area contributed by atoms with Crippen molar-refractivity contribution in [1.82, 2.24) is 4.90 Å². The van der Waals surface area contributed by atoms with Crippen LogP contribution in [-0.2, 0) is 4.74 Å². The standard InChI is InChI=1S/C11H15NO2S/c1-8-6-12(7-9(2)14-8)11(13)10-4-3-5-15-10/h3-5,8-9H,6-7H2,1-2H3/t8-,9-/m1/s1. The molecule has 1 aromatic rings. The second kappa shape index (κ2) is 4.33. The molecule has 1 saturated heterocycles. The lowest BCUT2D eigenvalue weighted by Gasteiger charge is -2.35. The van der Waals surface area contributed by atoms with Crippen LogP contribution in [0.4, 0.5) is 0 Å². The highest BCUT2D eigenvalue weighted by molar-refractivity contribution is 7.12. The molecule has 1 aromatic heterocycles. The number of carbonyl (C=O) groups excluding carboxylic acids is 1. The summed E-state index contributed by atoms with van der Waals surface area (Å²) in [4.78, 5) is 14.7. The molecule has 1 fully saturated rings.